The molecule has 1 rings (SSSR count). The summed E-state index contributed by atoms with van der Waals surface area (Å²) < 4.78 is 0. The SMILES string of the molecule is CN1C=CN(N)CC1. The molecule has 0 aromatic rings. The summed E-state index contributed by atoms with van der Waals surface area (Å²) in [6, 6.07) is 0. The van der Waals surface area contributed by atoms with Gasteiger partial charge in [0.1, 0.15) is 0 Å². The van der Waals surface area contributed by atoms with Crippen molar-refractivity contribution >= 4 is 0 Å². The Morgan fingerprint density at radius 3 is 2.50 bits per heavy atom. The molecular formula is C5H11N3. The van der Waals surface area contributed by atoms with E-state index < -0.39 is 0 Å². The summed E-state index contributed by atoms with van der Waals surface area (Å²) in [7, 11) is 2.03. The maximum atomic E-state index is 5.42. The minimum Gasteiger partial charge on any atom is -0.377 e. The number of hydrazine groups is 1. The number of nitrogens with zero attached hydrogens (tertiary/aromatic N) is 2. The lowest BCUT2D eigenvalue weighted by atomic mass is 10.5. The van der Waals surface area contributed by atoms with E-state index in [1.807, 2.05) is 19.4 Å². The Bertz CT molecular complexity index is 87.8. The van der Waals surface area contributed by atoms with Crippen LogP contribution in [0.25, 0.3) is 0 Å². The topological polar surface area (TPSA) is 32.5 Å². The van der Waals surface area contributed by atoms with Gasteiger partial charge in [-0.05, 0) is 0 Å². The Kier molecular flexibility index (Phi) is 1.39. The molecule has 1 aliphatic rings. The van der Waals surface area contributed by atoms with Gasteiger partial charge in [0.15, 0.2) is 0 Å². The highest BCUT2D eigenvalue weighted by Gasteiger charge is 1.99. The van der Waals surface area contributed by atoms with Crippen LogP contribution >= 0.6 is 0 Å². The van der Waals surface area contributed by atoms with E-state index in [1.54, 1.807) is 5.01 Å². The first-order valence-electron chi connectivity index (χ1n) is 2.69. The van der Waals surface area contributed by atoms with Crippen molar-refractivity contribution in [3.63, 3.8) is 0 Å². The lowest BCUT2D eigenvalue weighted by molar-refractivity contribution is 0.295. The van der Waals surface area contributed by atoms with Crippen molar-refractivity contribution in [1.82, 2.24) is 9.91 Å². The van der Waals surface area contributed by atoms with Gasteiger partial charge in [0, 0.05) is 26.0 Å². The third-order valence-corrected chi connectivity index (χ3v) is 1.22. The molecule has 0 saturated heterocycles. The Balaban J connectivity index is 2.42. The first kappa shape index (κ1) is 5.44. The number of rotatable bonds is 0. The molecule has 0 spiro atoms. The van der Waals surface area contributed by atoms with E-state index in [0.717, 1.165) is 13.1 Å². The lowest BCUT2D eigenvalue weighted by Gasteiger charge is -2.24. The van der Waals surface area contributed by atoms with E-state index in [4.69, 9.17) is 5.84 Å². The monoisotopic (exact) mass is 113 g/mol. The third kappa shape index (κ3) is 1.13. The van der Waals surface area contributed by atoms with Crippen molar-refractivity contribution in [2.24, 2.45) is 5.84 Å². The van der Waals surface area contributed by atoms with Gasteiger partial charge in [-0.25, -0.2) is 5.84 Å². The van der Waals surface area contributed by atoms with Gasteiger partial charge < -0.3 is 9.91 Å². The largest absolute Gasteiger partial charge is 0.377 e. The van der Waals surface area contributed by atoms with E-state index >= 15 is 0 Å². The van der Waals surface area contributed by atoms with Crippen LogP contribution in [0.1, 0.15) is 0 Å². The van der Waals surface area contributed by atoms with Gasteiger partial charge in [-0.1, -0.05) is 0 Å². The van der Waals surface area contributed by atoms with E-state index in [-0.39, 0.29) is 0 Å². The highest BCUT2D eigenvalue weighted by Crippen LogP contribution is 1.93. The maximum Gasteiger partial charge on any atom is 0.0511 e. The molecule has 3 nitrogen and oxygen atoms in total. The highest BCUT2D eigenvalue weighted by molar-refractivity contribution is 4.84. The predicted molar refractivity (Wildman–Crippen MR) is 32.7 cm³/mol. The lowest BCUT2D eigenvalue weighted by Crippen LogP contribution is -2.36. The molecule has 0 aromatic carbocycles. The molecule has 0 saturated carbocycles. The average Bonchev–Trinajstić information content (AvgIpc) is 1.77. The second kappa shape index (κ2) is 2.05. The molecule has 8 heavy (non-hydrogen) atoms. The molecule has 0 aliphatic carbocycles. The number of likely N-dealkylation sites (N-methyl/N-ethyl adjacent to an activating group) is 1. The van der Waals surface area contributed by atoms with Gasteiger partial charge in [0.2, 0.25) is 0 Å². The zero-order valence-corrected chi connectivity index (χ0v) is 5.04. The predicted octanol–water partition coefficient (Wildman–Crippen LogP) is -0.421. The Hall–Kier alpha value is -0.700. The van der Waals surface area contributed by atoms with Crippen molar-refractivity contribution in [3.8, 4) is 0 Å². The molecule has 0 bridgehead atoms. The Labute approximate surface area is 49.3 Å². The Morgan fingerprint density at radius 1 is 1.38 bits per heavy atom. The fourth-order valence-electron chi connectivity index (χ4n) is 0.622. The molecule has 0 unspecified atom stereocenters. The average molecular weight is 113 g/mol. The zero-order chi connectivity index (χ0) is 5.98. The summed E-state index contributed by atoms with van der Waals surface area (Å²) in [5, 5.41) is 1.68. The molecule has 1 aliphatic heterocycles. The van der Waals surface area contributed by atoms with Gasteiger partial charge in [-0.2, -0.15) is 0 Å². The number of hydrogen-bond donors (Lipinski definition) is 1. The first-order valence-corrected chi connectivity index (χ1v) is 2.69. The first-order chi connectivity index (χ1) is 3.79. The summed E-state index contributed by atoms with van der Waals surface area (Å²) in [5.41, 5.74) is 0. The second-order valence-electron chi connectivity index (χ2n) is 2.02. The van der Waals surface area contributed by atoms with E-state index in [0.29, 0.717) is 0 Å². The van der Waals surface area contributed by atoms with Crippen LogP contribution < -0.4 is 5.84 Å². The Morgan fingerprint density at radius 2 is 2.12 bits per heavy atom. The molecule has 3 heteroatoms. The van der Waals surface area contributed by atoms with E-state index in [9.17, 15) is 0 Å². The minimum atomic E-state index is 0.924. The quantitative estimate of drug-likeness (QED) is 0.433. The van der Waals surface area contributed by atoms with Crippen molar-refractivity contribution in [3.05, 3.63) is 12.4 Å². The van der Waals surface area contributed by atoms with Crippen LogP contribution in [0.15, 0.2) is 12.4 Å². The molecule has 1 heterocycles. The normalized spacial score (nSPS) is 19.8. The van der Waals surface area contributed by atoms with Gasteiger partial charge in [0.05, 0.1) is 6.54 Å². The summed E-state index contributed by atoms with van der Waals surface area (Å²) >= 11 is 0. The third-order valence-electron chi connectivity index (χ3n) is 1.22. The van der Waals surface area contributed by atoms with Crippen molar-refractivity contribution in [2.45, 2.75) is 0 Å². The molecule has 0 atom stereocenters. The van der Waals surface area contributed by atoms with Crippen LogP contribution in [0.3, 0.4) is 0 Å². The molecule has 46 valence electrons. The number of nitrogens with two attached hydrogens (primary N) is 1. The standard InChI is InChI=1S/C5H11N3/c1-7-2-4-8(6)5-3-7/h2,4H,3,5-6H2,1H3. The van der Waals surface area contributed by atoms with Crippen molar-refractivity contribution in [1.29, 1.82) is 0 Å². The zero-order valence-electron chi connectivity index (χ0n) is 5.04. The summed E-state index contributed by atoms with van der Waals surface area (Å²) in [4.78, 5) is 2.10. The van der Waals surface area contributed by atoms with Crippen LogP contribution in [0.4, 0.5) is 0 Å². The summed E-state index contributed by atoms with van der Waals surface area (Å²) in [5.74, 6) is 5.42. The van der Waals surface area contributed by atoms with Crippen molar-refractivity contribution < 1.29 is 0 Å². The smallest absolute Gasteiger partial charge is 0.0511 e. The molecular weight excluding hydrogens is 102 g/mol. The van der Waals surface area contributed by atoms with Crippen LogP contribution in [0, 0.1) is 0 Å². The van der Waals surface area contributed by atoms with Gasteiger partial charge >= 0.3 is 0 Å². The minimum absolute atomic E-state index is 0.924. The maximum absolute atomic E-state index is 5.42. The molecule has 0 fully saturated rings. The van der Waals surface area contributed by atoms with E-state index in [2.05, 4.69) is 4.90 Å². The summed E-state index contributed by atoms with van der Waals surface area (Å²) in [6.45, 7) is 1.94. The fourth-order valence-corrected chi connectivity index (χ4v) is 0.622. The highest BCUT2D eigenvalue weighted by atomic mass is 15.4. The molecule has 0 radical (unpaired) electrons. The number of hydrogen-bond acceptors (Lipinski definition) is 3. The van der Waals surface area contributed by atoms with Crippen LogP contribution in [-0.2, 0) is 0 Å². The molecule has 0 aromatic heterocycles. The van der Waals surface area contributed by atoms with Crippen LogP contribution in [-0.4, -0.2) is 30.0 Å². The van der Waals surface area contributed by atoms with Gasteiger partial charge in [0.25, 0.3) is 0 Å². The van der Waals surface area contributed by atoms with Gasteiger partial charge in [-0.3, -0.25) is 0 Å². The second-order valence-corrected chi connectivity index (χ2v) is 2.02. The molecule has 2 N–H and O–H groups in total. The van der Waals surface area contributed by atoms with E-state index in [1.165, 1.54) is 0 Å². The summed E-state index contributed by atoms with van der Waals surface area (Å²) in [6.07, 6.45) is 3.83. The van der Waals surface area contributed by atoms with Crippen molar-refractivity contribution in [2.75, 3.05) is 20.1 Å². The van der Waals surface area contributed by atoms with Gasteiger partial charge in [-0.15, -0.1) is 0 Å². The molecule has 0 amide bonds. The van der Waals surface area contributed by atoms with Crippen LogP contribution in [0.5, 0.6) is 0 Å². The van der Waals surface area contributed by atoms with Crippen LogP contribution in [0.2, 0.25) is 0 Å². The fraction of sp³-hybridized carbons (Fsp3) is 0.600.